The highest BCUT2D eigenvalue weighted by Gasteiger charge is 2.16. The smallest absolute Gasteiger partial charge is 0.147 e. The first-order chi connectivity index (χ1) is 4.62. The molecule has 0 heterocycles. The van der Waals surface area contributed by atoms with Crippen LogP contribution in [0.3, 0.4) is 0 Å². The number of halogens is 1. The van der Waals surface area contributed by atoms with Crippen LogP contribution in [0.5, 0.6) is 0 Å². The van der Waals surface area contributed by atoms with Crippen LogP contribution in [-0.4, -0.2) is 20.4 Å². The highest BCUT2D eigenvalue weighted by Crippen LogP contribution is 2.28. The van der Waals surface area contributed by atoms with E-state index in [-0.39, 0.29) is 32.8 Å². The van der Waals surface area contributed by atoms with Gasteiger partial charge in [-0.05, 0) is 0 Å². The zero-order valence-electron chi connectivity index (χ0n) is 8.44. The second-order valence-electron chi connectivity index (χ2n) is 3.97. The summed E-state index contributed by atoms with van der Waals surface area (Å²) in [5.41, 5.74) is 0. The molecule has 0 spiro atoms. The fourth-order valence-electron chi connectivity index (χ4n) is 1.03. The summed E-state index contributed by atoms with van der Waals surface area (Å²) >= 11 is 0.228. The molecule has 0 radical (unpaired) electrons. The van der Waals surface area contributed by atoms with Crippen LogP contribution in [0.2, 0.25) is 8.09 Å². The van der Waals surface area contributed by atoms with Crippen molar-refractivity contribution in [3.05, 3.63) is 0 Å². The average molecular weight is 189 g/mol. The average Bonchev–Trinajstić information content (AvgIpc) is 1.89. The molecule has 11 heavy (non-hydrogen) atoms. The molecule has 0 N–H and O–H groups in total. The zero-order chi connectivity index (χ0) is 8.04. The maximum atomic E-state index is 2.43. The van der Waals surface area contributed by atoms with Gasteiger partial charge in [0, 0.05) is 0 Å². The van der Waals surface area contributed by atoms with E-state index >= 15 is 0 Å². The lowest BCUT2D eigenvalue weighted by Crippen LogP contribution is -2.10. The van der Waals surface area contributed by atoms with Gasteiger partial charge in [0.25, 0.3) is 0 Å². The zero-order valence-corrected chi connectivity index (χ0v) is 10.7. The van der Waals surface area contributed by atoms with Gasteiger partial charge in [0.05, 0.1) is 0 Å². The van der Waals surface area contributed by atoms with Gasteiger partial charge in [0.2, 0.25) is 0 Å². The topological polar surface area (TPSA) is 0 Å². The second kappa shape index (κ2) is 7.69. The molecule has 0 aromatic heterocycles. The first kappa shape index (κ1) is 14.6. The van der Waals surface area contributed by atoms with Crippen molar-refractivity contribution in [2.24, 2.45) is 0 Å². The number of rotatable bonds is 5. The third-order valence-electron chi connectivity index (χ3n) is 2.41. The lowest BCUT2D eigenvalue weighted by Gasteiger charge is -2.21. The van der Waals surface area contributed by atoms with Gasteiger partial charge in [-0.25, -0.2) is 0 Å². The quantitative estimate of drug-likeness (QED) is 0.453. The number of unbranched alkanes of at least 4 members (excludes halogenated alkanes) is 1. The minimum absolute atomic E-state index is 0. The van der Waals surface area contributed by atoms with E-state index in [1.165, 1.54) is 19.3 Å². The lowest BCUT2D eigenvalue weighted by molar-refractivity contribution is 0.637. The van der Waals surface area contributed by atoms with Gasteiger partial charge < -0.3 is 0 Å². The van der Waals surface area contributed by atoms with Gasteiger partial charge in [-0.3, -0.25) is 0 Å². The van der Waals surface area contributed by atoms with Crippen LogP contribution in [0.4, 0.5) is 0 Å². The molecular formula is C9H21ClMg. The minimum atomic E-state index is 0. The van der Waals surface area contributed by atoms with Crippen molar-refractivity contribution in [2.75, 3.05) is 0 Å². The summed E-state index contributed by atoms with van der Waals surface area (Å²) in [6.45, 7) is 9.45. The Morgan fingerprint density at radius 3 is 2.09 bits per heavy atom. The molecule has 0 atom stereocenters. The summed E-state index contributed by atoms with van der Waals surface area (Å²) in [5.74, 6) is 0. The van der Waals surface area contributed by atoms with Crippen LogP contribution in [0, 0.1) is 0 Å². The molecule has 0 aliphatic rings. The summed E-state index contributed by atoms with van der Waals surface area (Å²) in [6, 6.07) is 0. The van der Waals surface area contributed by atoms with Gasteiger partial charge >= 0.3 is 20.4 Å². The highest BCUT2D eigenvalue weighted by molar-refractivity contribution is 6.39. The van der Waals surface area contributed by atoms with E-state index in [1.54, 1.807) is 4.55 Å². The SMILES string of the molecule is CCC[CH2][Mg][C](C)(C)CC.Cl. The Labute approximate surface area is 87.7 Å². The highest BCUT2D eigenvalue weighted by atomic mass is 35.5. The molecule has 0 rings (SSSR count). The Hall–Kier alpha value is 1.06. The third-order valence-corrected chi connectivity index (χ3v) is 5.12. The molecule has 0 aromatic rings. The number of hydrogen-bond acceptors (Lipinski definition) is 0. The largest absolute Gasteiger partial charge is 0.372 e. The molecule has 0 unspecified atom stereocenters. The van der Waals surface area contributed by atoms with Crippen LogP contribution in [0.1, 0.15) is 47.0 Å². The molecule has 2 heteroatoms. The molecule has 0 fully saturated rings. The van der Waals surface area contributed by atoms with Crippen molar-refractivity contribution < 1.29 is 0 Å². The van der Waals surface area contributed by atoms with E-state index in [2.05, 4.69) is 27.7 Å². The Morgan fingerprint density at radius 2 is 1.73 bits per heavy atom. The Balaban J connectivity index is 0. The molecule has 0 amide bonds. The summed E-state index contributed by atoms with van der Waals surface area (Å²) in [5, 5.41) is 0. The molecule has 66 valence electrons. The Bertz CT molecular complexity index is 81.6. The third kappa shape index (κ3) is 8.97. The summed E-state index contributed by atoms with van der Waals surface area (Å²) in [4.78, 5) is 0. The van der Waals surface area contributed by atoms with E-state index < -0.39 is 0 Å². The predicted molar refractivity (Wildman–Crippen MR) is 57.0 cm³/mol. The van der Waals surface area contributed by atoms with E-state index in [4.69, 9.17) is 0 Å². The van der Waals surface area contributed by atoms with Crippen molar-refractivity contribution in [2.45, 2.75) is 55.1 Å². The van der Waals surface area contributed by atoms with Crippen LogP contribution in [-0.2, 0) is 0 Å². The lowest BCUT2D eigenvalue weighted by atomic mass is 10.1. The maximum absolute atomic E-state index is 2.43. The molecule has 0 saturated heterocycles. The van der Waals surface area contributed by atoms with Crippen molar-refractivity contribution in [3.8, 4) is 0 Å². The molecule has 0 nitrogen and oxygen atoms in total. The maximum Gasteiger partial charge on any atom is 0.372 e. The molecule has 0 saturated carbocycles. The predicted octanol–water partition coefficient (Wildman–Crippen LogP) is 3.94. The first-order valence-electron chi connectivity index (χ1n) is 4.62. The van der Waals surface area contributed by atoms with Crippen LogP contribution < -0.4 is 0 Å². The first-order valence-corrected chi connectivity index (χ1v) is 6.33. The normalized spacial score (nSPS) is 10.2. The molecule has 0 bridgehead atoms. The van der Waals surface area contributed by atoms with Crippen LogP contribution in [0.25, 0.3) is 0 Å². The van der Waals surface area contributed by atoms with E-state index in [9.17, 15) is 0 Å². The van der Waals surface area contributed by atoms with Crippen molar-refractivity contribution >= 4 is 32.8 Å². The van der Waals surface area contributed by atoms with E-state index in [1.807, 2.05) is 0 Å². The van der Waals surface area contributed by atoms with E-state index in [0.717, 1.165) is 3.54 Å². The van der Waals surface area contributed by atoms with Crippen molar-refractivity contribution in [3.63, 3.8) is 0 Å². The minimum Gasteiger partial charge on any atom is -0.147 e. The molecule has 0 aliphatic carbocycles. The number of hydrogen-bond donors (Lipinski definition) is 0. The summed E-state index contributed by atoms with van der Waals surface area (Å²) in [6.07, 6.45) is 4.23. The summed E-state index contributed by atoms with van der Waals surface area (Å²) in [7, 11) is 0. The van der Waals surface area contributed by atoms with Gasteiger partial charge in [-0.15, -0.1) is 20.5 Å². The fraction of sp³-hybridized carbons (Fsp3) is 1.00. The van der Waals surface area contributed by atoms with Gasteiger partial charge in [-0.2, -0.15) is 0 Å². The Morgan fingerprint density at radius 1 is 1.18 bits per heavy atom. The van der Waals surface area contributed by atoms with Gasteiger partial charge in [-0.1, -0.05) is 47.0 Å². The fourth-order valence-corrected chi connectivity index (χ4v) is 3.09. The standard InChI is InChI=1S/C5H11.C4H9.ClH.Mg/c1-4-5(2)3;1-3-4-2;;/h4H2,1-3H3;1,3-4H2,2H3;1H;. The van der Waals surface area contributed by atoms with Crippen molar-refractivity contribution in [1.82, 2.24) is 0 Å². The van der Waals surface area contributed by atoms with E-state index in [0.29, 0.717) is 0 Å². The summed E-state index contributed by atoms with van der Waals surface area (Å²) < 4.78 is 2.28. The van der Waals surface area contributed by atoms with Gasteiger partial charge in [0.1, 0.15) is 0 Å². The molecule has 0 aromatic carbocycles. The van der Waals surface area contributed by atoms with Crippen LogP contribution in [0.15, 0.2) is 0 Å². The molecule has 0 aliphatic heterocycles. The van der Waals surface area contributed by atoms with Gasteiger partial charge in [0.15, 0.2) is 0 Å². The van der Waals surface area contributed by atoms with Crippen molar-refractivity contribution in [1.29, 1.82) is 0 Å². The monoisotopic (exact) mass is 188 g/mol. The van der Waals surface area contributed by atoms with Crippen LogP contribution >= 0.6 is 12.4 Å². The molecular weight excluding hydrogens is 168 g/mol. The Kier molecular flexibility index (Phi) is 10.2. The second-order valence-corrected chi connectivity index (χ2v) is 7.10.